The van der Waals surface area contributed by atoms with Gasteiger partial charge >= 0.3 is 24.1 Å². The lowest BCUT2D eigenvalue weighted by molar-refractivity contribution is -0.192. The number of rotatable bonds is 32. The fourth-order valence-corrected chi connectivity index (χ4v) is 9.94. The van der Waals surface area contributed by atoms with Crippen molar-refractivity contribution in [1.82, 2.24) is 40.6 Å². The summed E-state index contributed by atoms with van der Waals surface area (Å²) in [7, 11) is 0. The predicted octanol–water partition coefficient (Wildman–Crippen LogP) is 3.47. The third-order valence-corrected chi connectivity index (χ3v) is 14.8. The van der Waals surface area contributed by atoms with E-state index in [1.54, 1.807) is 24.6 Å². The van der Waals surface area contributed by atoms with Crippen molar-refractivity contribution in [2.45, 2.75) is 154 Å². The van der Waals surface area contributed by atoms with Gasteiger partial charge in [0.25, 0.3) is 0 Å². The average Bonchev–Trinajstić information content (AvgIpc) is 3.98. The molecule has 24 nitrogen and oxygen atoms in total. The highest BCUT2D eigenvalue weighted by Gasteiger charge is 2.41. The first-order valence-electron chi connectivity index (χ1n) is 27.5. The van der Waals surface area contributed by atoms with Gasteiger partial charge in [0, 0.05) is 56.5 Å². The van der Waals surface area contributed by atoms with Crippen molar-refractivity contribution in [2.24, 2.45) is 22.8 Å². The third kappa shape index (κ3) is 23.0. The van der Waals surface area contributed by atoms with E-state index in [2.05, 4.69) is 21.3 Å². The number of carbonyl (C=O) groups excluding carboxylic acids is 7. The highest BCUT2D eigenvalue weighted by molar-refractivity contribution is 8.00. The summed E-state index contributed by atoms with van der Waals surface area (Å²) in [6.07, 6.45) is -1.84. The van der Waals surface area contributed by atoms with Crippen molar-refractivity contribution in [3.63, 3.8) is 0 Å². The smallest absolute Gasteiger partial charge is 0.480 e. The van der Waals surface area contributed by atoms with E-state index >= 15 is 4.39 Å². The average molecular weight is 1240 g/mol. The Bertz CT molecular complexity index is 2840. The minimum absolute atomic E-state index is 0.0189. The minimum atomic E-state index is -5.08. The van der Waals surface area contributed by atoms with E-state index in [0.717, 1.165) is 40.4 Å². The van der Waals surface area contributed by atoms with Crippen molar-refractivity contribution < 1.29 is 90.3 Å². The van der Waals surface area contributed by atoms with Crippen molar-refractivity contribution >= 4 is 71.0 Å². The van der Waals surface area contributed by atoms with Gasteiger partial charge in [0.05, 0.1) is 23.0 Å². The number of aliphatic carboxylic acids is 3. The molecule has 1 aromatic heterocycles. The summed E-state index contributed by atoms with van der Waals surface area (Å²) >= 11 is 1.03. The molecule has 0 bridgehead atoms. The van der Waals surface area contributed by atoms with Crippen LogP contribution >= 0.6 is 11.8 Å². The second-order valence-electron chi connectivity index (χ2n) is 21.8. The van der Waals surface area contributed by atoms with Crippen molar-refractivity contribution in [3.05, 3.63) is 77.8 Å². The molecule has 2 heterocycles. The zero-order chi connectivity index (χ0) is 64.8. The van der Waals surface area contributed by atoms with Crippen LogP contribution in [0.4, 0.5) is 22.0 Å². The number of unbranched alkanes of at least 4 members (excludes halogenated alkanes) is 3. The fraction of sp³-hybridized carbons (Fsp3) is 0.554. The first kappa shape index (κ1) is 72.7. The Morgan fingerprint density at radius 2 is 1.47 bits per heavy atom. The number of imide groups is 1. The monoisotopic (exact) mass is 1240 g/mol. The van der Waals surface area contributed by atoms with Gasteiger partial charge in [0.1, 0.15) is 48.2 Å². The molecule has 30 heteroatoms. The minimum Gasteiger partial charge on any atom is -0.480 e. The maximum Gasteiger partial charge on any atom is 0.490 e. The number of imidazole rings is 1. The van der Waals surface area contributed by atoms with Gasteiger partial charge in [0.2, 0.25) is 41.4 Å². The summed E-state index contributed by atoms with van der Waals surface area (Å²) in [6, 6.07) is 5.57. The molecule has 1 saturated heterocycles. The number of hydrogen-bond acceptors (Lipinski definition) is 15. The number of likely N-dealkylation sites (tertiary alicyclic amines) is 1. The number of aliphatic hydroxyl groups excluding tert-OH is 1. The SMILES string of the molecule is CC(C)[C@H](NC(=O)CCCCCN1C(=O)CC(SC[C@H](N)C(=O)O)C1=O)C(=O)N[C@@H](C)C(=O)N[C@@H](CCCCNC(=O)[C@@H](N)CCN(C(=O)CO)[C@@H](c1nc(-c2cc(F)ccc2F)cn1Cc1ccccc1)C(C)(C)C)C(=O)O.O=C(O)C(F)(F)F. The molecule has 3 aromatic rings. The lowest BCUT2D eigenvalue weighted by Crippen LogP contribution is -2.56. The number of thioether (sulfide) groups is 1. The summed E-state index contributed by atoms with van der Waals surface area (Å²) < 4.78 is 63.0. The first-order chi connectivity index (χ1) is 40.2. The topological polar surface area (TPSA) is 376 Å². The molecular weight excluding hydrogens is 1160 g/mol. The number of benzene rings is 2. The second-order valence-corrected chi connectivity index (χ2v) is 23.0. The lowest BCUT2D eigenvalue weighted by atomic mass is 9.84. The fourth-order valence-electron chi connectivity index (χ4n) is 8.83. The molecule has 1 aliphatic rings. The molecule has 0 spiro atoms. The molecular formula is C56H77F5N10O14S. The van der Waals surface area contributed by atoms with Gasteiger partial charge in [-0.25, -0.2) is 23.4 Å². The van der Waals surface area contributed by atoms with Crippen LogP contribution in [-0.2, 0) is 54.5 Å². The number of amides is 7. The van der Waals surface area contributed by atoms with Crippen LogP contribution in [0.2, 0.25) is 0 Å². The third-order valence-electron chi connectivity index (χ3n) is 13.4. The molecule has 86 heavy (non-hydrogen) atoms. The number of alkyl halides is 3. The van der Waals surface area contributed by atoms with Crippen LogP contribution in [0, 0.1) is 23.0 Å². The van der Waals surface area contributed by atoms with Gasteiger partial charge in [-0.2, -0.15) is 13.2 Å². The van der Waals surface area contributed by atoms with Crippen LogP contribution in [0.1, 0.15) is 117 Å². The van der Waals surface area contributed by atoms with Crippen LogP contribution in [0.5, 0.6) is 0 Å². The standard InChI is InChI=1S/C54H76F2N10O12S.C2HF3O2/c1-31(2)45(63-42(68)18-11-8-14-23-66-43(69)26-41(51(66)74)79-30-38(58)52(75)76)50(73)60-32(3)48(71)62-39(53(77)78)17-12-13-22-59-49(72)37(57)21-24-65(44(70)29-67)46(54(4,5)6)47-61-40(35-25-34(55)19-20-36(35)56)28-64(47)27-33-15-9-7-10-16-33;3-2(4,5)1(6)7/h7,9-10,15-16,19-20,25,28,31-32,37-39,41,45-46,67H,8,11-14,17-18,21-24,26-27,29-30,57-58H2,1-6H3,(H,59,72)(H,60,73)(H,62,71)(H,63,68)(H,75,76)(H,77,78);(H,6,7)/t32-,37-,38-,39-,41?,45-,46-;/m0./s1. The Balaban J connectivity index is 0.00000259. The van der Waals surface area contributed by atoms with E-state index in [4.69, 9.17) is 31.5 Å². The summed E-state index contributed by atoms with van der Waals surface area (Å²) in [6.45, 7) is 9.78. The number of carbonyl (C=O) groups is 10. The Labute approximate surface area is 497 Å². The zero-order valence-electron chi connectivity index (χ0n) is 48.5. The summed E-state index contributed by atoms with van der Waals surface area (Å²) in [5, 5.41) is 45.8. The molecule has 1 fully saturated rings. The molecule has 476 valence electrons. The number of nitrogens with one attached hydrogen (secondary N) is 4. The van der Waals surface area contributed by atoms with Crippen LogP contribution < -0.4 is 32.7 Å². The molecule has 7 atom stereocenters. The number of aromatic nitrogens is 2. The number of hydrogen-bond donors (Lipinski definition) is 10. The number of nitrogens with zero attached hydrogens (tertiary/aromatic N) is 4. The Morgan fingerprint density at radius 3 is 2.05 bits per heavy atom. The van der Waals surface area contributed by atoms with Gasteiger partial charge in [-0.1, -0.05) is 71.4 Å². The molecule has 1 unspecified atom stereocenters. The van der Waals surface area contributed by atoms with Crippen LogP contribution in [0.15, 0.2) is 54.7 Å². The van der Waals surface area contributed by atoms with Gasteiger partial charge < -0.3 is 62.6 Å². The van der Waals surface area contributed by atoms with Crippen molar-refractivity contribution in [3.8, 4) is 11.3 Å². The Kier molecular flexibility index (Phi) is 28.7. The number of nitrogens with two attached hydrogens (primary N) is 2. The van der Waals surface area contributed by atoms with Gasteiger partial charge in [-0.15, -0.1) is 11.8 Å². The van der Waals surface area contributed by atoms with Gasteiger partial charge in [-0.3, -0.25) is 43.3 Å². The van der Waals surface area contributed by atoms with Crippen molar-refractivity contribution in [1.29, 1.82) is 0 Å². The molecule has 0 aliphatic carbocycles. The molecule has 4 rings (SSSR count). The maximum absolute atomic E-state index is 15.1. The Morgan fingerprint density at radius 1 is 0.814 bits per heavy atom. The molecule has 1 aliphatic heterocycles. The molecule has 12 N–H and O–H groups in total. The number of carboxylic acids is 3. The summed E-state index contributed by atoms with van der Waals surface area (Å²) in [5.74, 6) is -10.7. The maximum atomic E-state index is 15.1. The van der Waals surface area contributed by atoms with E-state index in [-0.39, 0.29) is 87.6 Å². The quantitative estimate of drug-likeness (QED) is 0.0243. The largest absolute Gasteiger partial charge is 0.490 e. The number of halogens is 5. The second kappa shape index (κ2) is 33.9. The zero-order valence-corrected chi connectivity index (χ0v) is 49.4. The summed E-state index contributed by atoms with van der Waals surface area (Å²) in [5.41, 5.74) is 12.0. The lowest BCUT2D eigenvalue weighted by Gasteiger charge is -2.40. The van der Waals surface area contributed by atoms with E-state index in [1.807, 2.05) is 51.1 Å². The van der Waals surface area contributed by atoms with E-state index < -0.39 is 131 Å². The van der Waals surface area contributed by atoms with Gasteiger partial charge in [0.15, 0.2) is 0 Å². The normalized spacial score (nSPS) is 15.5. The van der Waals surface area contributed by atoms with Crippen molar-refractivity contribution in [2.75, 3.05) is 32.0 Å². The number of aliphatic hydroxyl groups is 1. The van der Waals surface area contributed by atoms with Gasteiger partial charge in [-0.05, 0) is 80.5 Å². The molecule has 2 aromatic carbocycles. The summed E-state index contributed by atoms with van der Waals surface area (Å²) in [4.78, 5) is 131. The van der Waals surface area contributed by atoms with E-state index in [1.165, 1.54) is 11.8 Å². The molecule has 0 radical (unpaired) electrons. The van der Waals surface area contributed by atoms with Crippen LogP contribution in [0.25, 0.3) is 11.3 Å². The highest BCUT2D eigenvalue weighted by Crippen LogP contribution is 2.40. The van der Waals surface area contributed by atoms with E-state index in [0.29, 0.717) is 25.1 Å². The molecule has 7 amide bonds. The number of carboxylic acid groups (broad SMARTS) is 3. The van der Waals surface area contributed by atoms with E-state index in [9.17, 15) is 70.9 Å². The van der Waals surface area contributed by atoms with Crippen LogP contribution in [-0.4, -0.2) is 173 Å². The first-order valence-corrected chi connectivity index (χ1v) is 28.6. The highest BCUT2D eigenvalue weighted by atomic mass is 32.2. The molecule has 0 saturated carbocycles. The van der Waals surface area contributed by atoms with Crippen LogP contribution in [0.3, 0.4) is 0 Å². The predicted molar refractivity (Wildman–Crippen MR) is 303 cm³/mol. The Hall–Kier alpha value is -7.57.